The Morgan fingerprint density at radius 2 is 2.04 bits per heavy atom. The molecule has 1 atom stereocenters. The normalized spacial score (nSPS) is 16.1. The fraction of sp³-hybridized carbons (Fsp3) is 0.111. The minimum atomic E-state index is -0.369. The van der Waals surface area contributed by atoms with Gasteiger partial charge < -0.3 is 10.1 Å². The Morgan fingerprint density at radius 3 is 2.88 bits per heavy atom. The molecule has 0 amide bonds. The molecular weight excluding hydrogens is 307 g/mol. The topological polar surface area (TPSA) is 52.0 Å². The number of aromatic nitrogens is 3. The van der Waals surface area contributed by atoms with E-state index in [1.165, 1.54) is 12.4 Å². The van der Waals surface area contributed by atoms with Crippen LogP contribution in [0.2, 0.25) is 0 Å². The number of anilines is 1. The van der Waals surface area contributed by atoms with Crippen LogP contribution in [0.5, 0.6) is 5.75 Å². The van der Waals surface area contributed by atoms with Crippen LogP contribution in [0.1, 0.15) is 17.2 Å². The Hall–Kier alpha value is -3.15. The van der Waals surface area contributed by atoms with E-state index in [1.54, 1.807) is 23.9 Å². The lowest BCUT2D eigenvalue weighted by Crippen LogP contribution is -2.21. The van der Waals surface area contributed by atoms with Crippen molar-refractivity contribution < 1.29 is 9.13 Å². The summed E-state index contributed by atoms with van der Waals surface area (Å²) in [7, 11) is 1.63. The molecule has 4 rings (SSSR count). The summed E-state index contributed by atoms with van der Waals surface area (Å²) < 4.78 is 21.2. The summed E-state index contributed by atoms with van der Waals surface area (Å²) in [4.78, 5) is 4.23. The van der Waals surface area contributed by atoms with Gasteiger partial charge in [-0.15, -0.1) is 0 Å². The van der Waals surface area contributed by atoms with Crippen molar-refractivity contribution >= 4 is 11.6 Å². The molecule has 1 unspecified atom stereocenters. The Kier molecular flexibility index (Phi) is 3.49. The minimum absolute atomic E-state index is 0.271. The van der Waals surface area contributed by atoms with Crippen molar-refractivity contribution in [2.24, 2.45) is 0 Å². The highest BCUT2D eigenvalue weighted by molar-refractivity contribution is 5.77. The highest BCUT2D eigenvalue weighted by Crippen LogP contribution is 2.33. The zero-order valence-corrected chi connectivity index (χ0v) is 13.0. The van der Waals surface area contributed by atoms with E-state index in [0.29, 0.717) is 11.5 Å². The van der Waals surface area contributed by atoms with Crippen LogP contribution >= 0.6 is 0 Å². The van der Waals surface area contributed by atoms with Gasteiger partial charge in [-0.2, -0.15) is 10.1 Å². The van der Waals surface area contributed by atoms with Crippen molar-refractivity contribution in [1.82, 2.24) is 14.8 Å². The number of hydrogen-bond donors (Lipinski definition) is 1. The van der Waals surface area contributed by atoms with Gasteiger partial charge in [-0.3, -0.25) is 0 Å². The van der Waals surface area contributed by atoms with Crippen LogP contribution in [0.15, 0.2) is 60.9 Å². The maximum Gasteiger partial charge on any atom is 0.226 e. The number of allylic oxidation sites excluding steroid dienone is 1. The highest BCUT2D eigenvalue weighted by Gasteiger charge is 2.25. The van der Waals surface area contributed by atoms with Gasteiger partial charge in [-0.05, 0) is 24.3 Å². The molecule has 0 radical (unpaired) electrons. The number of nitrogens with zero attached hydrogens (tertiary/aromatic N) is 3. The van der Waals surface area contributed by atoms with E-state index >= 15 is 0 Å². The summed E-state index contributed by atoms with van der Waals surface area (Å²) in [6.45, 7) is 0. The maximum atomic E-state index is 14.3. The Morgan fingerprint density at radius 1 is 1.17 bits per heavy atom. The third-order valence-corrected chi connectivity index (χ3v) is 4.01. The predicted molar refractivity (Wildman–Crippen MR) is 89.2 cm³/mol. The third kappa shape index (κ3) is 2.42. The number of halogens is 1. The first-order chi connectivity index (χ1) is 11.8. The molecule has 2 aromatic carbocycles. The largest absolute Gasteiger partial charge is 0.497 e. The lowest BCUT2D eigenvalue weighted by Gasteiger charge is -2.24. The van der Waals surface area contributed by atoms with Crippen LogP contribution in [0, 0.1) is 5.82 Å². The summed E-state index contributed by atoms with van der Waals surface area (Å²) in [5.41, 5.74) is 2.32. The molecule has 1 N–H and O–H groups in total. The maximum absolute atomic E-state index is 14.3. The van der Waals surface area contributed by atoms with Crippen molar-refractivity contribution in [2.45, 2.75) is 6.04 Å². The van der Waals surface area contributed by atoms with Crippen LogP contribution < -0.4 is 10.1 Å². The van der Waals surface area contributed by atoms with Gasteiger partial charge in [0.15, 0.2) is 0 Å². The first kappa shape index (κ1) is 14.4. The lowest BCUT2D eigenvalue weighted by atomic mass is 10.0. The number of fused-ring (bicyclic) bond motifs is 1. The minimum Gasteiger partial charge on any atom is -0.497 e. The van der Waals surface area contributed by atoms with Crippen LogP contribution in [-0.2, 0) is 0 Å². The number of benzene rings is 2. The molecule has 5 nitrogen and oxygen atoms in total. The molecule has 120 valence electrons. The monoisotopic (exact) mass is 322 g/mol. The van der Waals surface area contributed by atoms with E-state index in [1.807, 2.05) is 36.4 Å². The van der Waals surface area contributed by atoms with Crippen molar-refractivity contribution in [2.75, 3.05) is 12.4 Å². The van der Waals surface area contributed by atoms with Crippen molar-refractivity contribution in [3.63, 3.8) is 0 Å². The molecule has 1 aliphatic heterocycles. The van der Waals surface area contributed by atoms with Gasteiger partial charge >= 0.3 is 0 Å². The van der Waals surface area contributed by atoms with Crippen LogP contribution in [0.4, 0.5) is 10.3 Å². The van der Waals surface area contributed by atoms with Crippen molar-refractivity contribution in [1.29, 1.82) is 0 Å². The summed E-state index contributed by atoms with van der Waals surface area (Å²) >= 11 is 0. The van der Waals surface area contributed by atoms with Gasteiger partial charge in [0.1, 0.15) is 23.9 Å². The zero-order chi connectivity index (χ0) is 16.5. The summed E-state index contributed by atoms with van der Waals surface area (Å²) in [5.74, 6) is 1.06. The van der Waals surface area contributed by atoms with E-state index in [2.05, 4.69) is 15.4 Å². The van der Waals surface area contributed by atoms with E-state index in [0.717, 1.165) is 17.0 Å². The highest BCUT2D eigenvalue weighted by atomic mass is 19.1. The van der Waals surface area contributed by atoms with Gasteiger partial charge in [-0.1, -0.05) is 30.3 Å². The van der Waals surface area contributed by atoms with E-state index in [9.17, 15) is 4.39 Å². The van der Waals surface area contributed by atoms with Gasteiger partial charge in [0, 0.05) is 16.8 Å². The standard InChI is InChI=1S/C18H15FN4O/c1-24-13-6-4-5-12(9-13)16-10-17(14-7-2-3-8-15(14)19)23-18(22-16)20-11-21-23/h2-11,17H,1H3,(H,20,21,22). The van der Waals surface area contributed by atoms with Crippen molar-refractivity contribution in [3.8, 4) is 5.75 Å². The van der Waals surface area contributed by atoms with Gasteiger partial charge in [0.05, 0.1) is 7.11 Å². The number of ether oxygens (including phenoxy) is 1. The molecular formula is C18H15FN4O. The molecule has 0 bridgehead atoms. The average molecular weight is 322 g/mol. The van der Waals surface area contributed by atoms with E-state index < -0.39 is 0 Å². The number of hydrogen-bond acceptors (Lipinski definition) is 4. The second-order valence-corrected chi connectivity index (χ2v) is 5.43. The average Bonchev–Trinajstić information content (AvgIpc) is 3.10. The number of methoxy groups -OCH3 is 1. The summed E-state index contributed by atoms with van der Waals surface area (Å²) in [5, 5.41) is 7.46. The third-order valence-electron chi connectivity index (χ3n) is 4.01. The zero-order valence-electron chi connectivity index (χ0n) is 13.0. The van der Waals surface area contributed by atoms with Gasteiger partial charge in [0.2, 0.25) is 5.95 Å². The summed E-state index contributed by atoms with van der Waals surface area (Å²) in [6, 6.07) is 14.0. The molecule has 1 aliphatic rings. The van der Waals surface area contributed by atoms with Gasteiger partial charge in [0.25, 0.3) is 0 Å². The molecule has 6 heteroatoms. The molecule has 0 fully saturated rings. The molecule has 0 saturated heterocycles. The quantitative estimate of drug-likeness (QED) is 0.802. The summed E-state index contributed by atoms with van der Waals surface area (Å²) in [6.07, 6.45) is 3.40. The lowest BCUT2D eigenvalue weighted by molar-refractivity contribution is 0.414. The molecule has 1 aromatic heterocycles. The molecule has 24 heavy (non-hydrogen) atoms. The van der Waals surface area contributed by atoms with E-state index in [4.69, 9.17) is 4.74 Å². The van der Waals surface area contributed by atoms with E-state index in [-0.39, 0.29) is 11.9 Å². The first-order valence-electron chi connectivity index (χ1n) is 7.53. The Bertz CT molecular complexity index is 919. The van der Waals surface area contributed by atoms with Crippen molar-refractivity contribution in [3.05, 3.63) is 77.9 Å². The first-order valence-corrected chi connectivity index (χ1v) is 7.53. The second-order valence-electron chi connectivity index (χ2n) is 5.43. The Labute approximate surface area is 138 Å². The Balaban J connectivity index is 1.83. The van der Waals surface area contributed by atoms with Crippen LogP contribution in [0.25, 0.3) is 5.70 Å². The van der Waals surface area contributed by atoms with Gasteiger partial charge in [-0.25, -0.2) is 9.07 Å². The number of nitrogens with one attached hydrogen (secondary N) is 1. The smallest absolute Gasteiger partial charge is 0.226 e. The van der Waals surface area contributed by atoms with Crippen LogP contribution in [-0.4, -0.2) is 21.9 Å². The fourth-order valence-corrected chi connectivity index (χ4v) is 2.83. The molecule has 2 heterocycles. The predicted octanol–water partition coefficient (Wildman–Crippen LogP) is 3.48. The molecule has 3 aromatic rings. The number of rotatable bonds is 3. The second kappa shape index (κ2) is 5.81. The fourth-order valence-electron chi connectivity index (χ4n) is 2.83. The van der Waals surface area contributed by atoms with Crippen LogP contribution in [0.3, 0.4) is 0 Å². The molecule has 0 spiro atoms. The molecule has 0 aliphatic carbocycles. The molecule has 0 saturated carbocycles. The SMILES string of the molecule is COc1cccc(C2=CC(c3ccccc3F)n3ncnc3N2)c1.